The SMILES string of the molecule is SCC1(CSCC2CCCC2)CC1. The third-order valence-electron chi connectivity index (χ3n) is 3.53. The predicted molar refractivity (Wildman–Crippen MR) is 64.8 cm³/mol. The second-order valence-electron chi connectivity index (χ2n) is 4.82. The van der Waals surface area contributed by atoms with Crippen molar-refractivity contribution in [3.05, 3.63) is 0 Å². The smallest absolute Gasteiger partial charge is 0.000288 e. The summed E-state index contributed by atoms with van der Waals surface area (Å²) in [6.45, 7) is 0. The lowest BCUT2D eigenvalue weighted by Crippen LogP contribution is -2.08. The molecule has 0 radical (unpaired) electrons. The molecule has 0 heterocycles. The number of rotatable bonds is 5. The standard InChI is InChI=1S/C11H20S2/c12-8-11(5-6-11)9-13-7-10-3-1-2-4-10/h10,12H,1-9H2. The van der Waals surface area contributed by atoms with Crippen LogP contribution in [0, 0.1) is 11.3 Å². The summed E-state index contributed by atoms with van der Waals surface area (Å²) in [7, 11) is 0. The van der Waals surface area contributed by atoms with Crippen LogP contribution in [0.25, 0.3) is 0 Å². The van der Waals surface area contributed by atoms with Gasteiger partial charge in [-0.2, -0.15) is 24.4 Å². The van der Waals surface area contributed by atoms with E-state index in [1.807, 2.05) is 0 Å². The van der Waals surface area contributed by atoms with E-state index in [4.69, 9.17) is 0 Å². The fourth-order valence-corrected chi connectivity index (χ4v) is 4.33. The Morgan fingerprint density at radius 1 is 1.23 bits per heavy atom. The first-order valence-corrected chi connectivity index (χ1v) is 7.32. The van der Waals surface area contributed by atoms with Crippen molar-refractivity contribution in [3.8, 4) is 0 Å². The first kappa shape index (κ1) is 10.2. The Bertz CT molecular complexity index is 157. The highest BCUT2D eigenvalue weighted by molar-refractivity contribution is 7.99. The first-order valence-electron chi connectivity index (χ1n) is 5.53. The highest BCUT2D eigenvalue weighted by atomic mass is 32.2. The number of thioether (sulfide) groups is 1. The van der Waals surface area contributed by atoms with Crippen molar-refractivity contribution in [2.24, 2.45) is 11.3 Å². The quantitative estimate of drug-likeness (QED) is 0.685. The summed E-state index contributed by atoms with van der Waals surface area (Å²) in [6, 6.07) is 0. The minimum absolute atomic E-state index is 0.673. The largest absolute Gasteiger partial charge is 0.179 e. The Kier molecular flexibility index (Phi) is 3.52. The molecule has 0 aliphatic heterocycles. The van der Waals surface area contributed by atoms with Crippen LogP contribution in [0.3, 0.4) is 0 Å². The molecule has 0 saturated heterocycles. The van der Waals surface area contributed by atoms with Gasteiger partial charge in [0.1, 0.15) is 0 Å². The second-order valence-corrected chi connectivity index (χ2v) is 6.17. The topological polar surface area (TPSA) is 0 Å². The number of thiol groups is 1. The van der Waals surface area contributed by atoms with Crippen molar-refractivity contribution in [2.45, 2.75) is 38.5 Å². The monoisotopic (exact) mass is 216 g/mol. The van der Waals surface area contributed by atoms with Gasteiger partial charge in [-0.1, -0.05) is 12.8 Å². The normalized spacial score (nSPS) is 26.5. The summed E-state index contributed by atoms with van der Waals surface area (Å²) in [5, 5.41) is 0. The van der Waals surface area contributed by atoms with Gasteiger partial charge < -0.3 is 0 Å². The number of hydrogen-bond acceptors (Lipinski definition) is 2. The van der Waals surface area contributed by atoms with Crippen molar-refractivity contribution in [3.63, 3.8) is 0 Å². The zero-order valence-corrected chi connectivity index (χ0v) is 10.0. The Balaban J connectivity index is 1.58. The summed E-state index contributed by atoms with van der Waals surface area (Å²) in [6.07, 6.45) is 8.86. The van der Waals surface area contributed by atoms with Gasteiger partial charge in [-0.15, -0.1) is 0 Å². The van der Waals surface area contributed by atoms with Crippen LogP contribution in [-0.4, -0.2) is 17.3 Å². The molecule has 0 amide bonds. The Morgan fingerprint density at radius 2 is 1.92 bits per heavy atom. The van der Waals surface area contributed by atoms with E-state index in [2.05, 4.69) is 24.4 Å². The van der Waals surface area contributed by atoms with E-state index in [0.717, 1.165) is 11.7 Å². The number of hydrogen-bond donors (Lipinski definition) is 1. The van der Waals surface area contributed by atoms with Gasteiger partial charge in [0.2, 0.25) is 0 Å². The van der Waals surface area contributed by atoms with Crippen LogP contribution in [0.4, 0.5) is 0 Å². The second kappa shape index (κ2) is 4.48. The fraction of sp³-hybridized carbons (Fsp3) is 1.00. The molecular formula is C11H20S2. The third-order valence-corrected chi connectivity index (χ3v) is 5.72. The van der Waals surface area contributed by atoms with Crippen LogP contribution in [-0.2, 0) is 0 Å². The van der Waals surface area contributed by atoms with Gasteiger partial charge >= 0.3 is 0 Å². The average Bonchev–Trinajstić information content (AvgIpc) is 2.74. The Morgan fingerprint density at radius 3 is 2.46 bits per heavy atom. The molecule has 0 unspecified atom stereocenters. The van der Waals surface area contributed by atoms with Gasteiger partial charge in [0.15, 0.2) is 0 Å². The van der Waals surface area contributed by atoms with Crippen LogP contribution >= 0.6 is 24.4 Å². The molecule has 76 valence electrons. The average molecular weight is 216 g/mol. The van der Waals surface area contributed by atoms with Crippen LogP contribution in [0.2, 0.25) is 0 Å². The van der Waals surface area contributed by atoms with E-state index in [1.165, 1.54) is 50.0 Å². The molecule has 2 aliphatic rings. The molecular weight excluding hydrogens is 196 g/mol. The molecule has 0 atom stereocenters. The summed E-state index contributed by atoms with van der Waals surface area (Å²) in [5.74, 6) is 4.98. The Labute approximate surface area is 91.7 Å². The van der Waals surface area contributed by atoms with E-state index in [1.54, 1.807) is 0 Å². The van der Waals surface area contributed by atoms with E-state index < -0.39 is 0 Å². The van der Waals surface area contributed by atoms with Crippen LogP contribution in [0.5, 0.6) is 0 Å². The van der Waals surface area contributed by atoms with Crippen molar-refractivity contribution in [1.29, 1.82) is 0 Å². The van der Waals surface area contributed by atoms with Gasteiger partial charge in [0, 0.05) is 0 Å². The van der Waals surface area contributed by atoms with Gasteiger partial charge in [-0.3, -0.25) is 0 Å². The van der Waals surface area contributed by atoms with E-state index in [9.17, 15) is 0 Å². The van der Waals surface area contributed by atoms with Crippen molar-refractivity contribution in [1.82, 2.24) is 0 Å². The zero-order chi connectivity index (χ0) is 9.15. The maximum Gasteiger partial charge on any atom is -0.000288 e. The molecule has 0 aromatic rings. The van der Waals surface area contributed by atoms with Gasteiger partial charge in [-0.25, -0.2) is 0 Å². The maximum absolute atomic E-state index is 4.43. The fourth-order valence-electron chi connectivity index (χ4n) is 2.14. The lowest BCUT2D eigenvalue weighted by Gasteiger charge is -2.13. The molecule has 0 aromatic heterocycles. The molecule has 0 nitrogen and oxygen atoms in total. The summed E-state index contributed by atoms with van der Waals surface area (Å²) < 4.78 is 0. The molecule has 0 aromatic carbocycles. The van der Waals surface area contributed by atoms with E-state index >= 15 is 0 Å². The third kappa shape index (κ3) is 2.82. The zero-order valence-electron chi connectivity index (χ0n) is 8.30. The Hall–Kier alpha value is 0.700. The molecule has 13 heavy (non-hydrogen) atoms. The molecule has 2 rings (SSSR count). The minimum Gasteiger partial charge on any atom is -0.179 e. The van der Waals surface area contributed by atoms with Crippen molar-refractivity contribution >= 4 is 24.4 Å². The highest BCUT2D eigenvalue weighted by Gasteiger charge is 2.40. The predicted octanol–water partition coefficient (Wildman–Crippen LogP) is 3.62. The highest BCUT2D eigenvalue weighted by Crippen LogP contribution is 2.49. The molecule has 2 fully saturated rings. The lowest BCUT2D eigenvalue weighted by atomic mass is 10.1. The van der Waals surface area contributed by atoms with Crippen LogP contribution in [0.15, 0.2) is 0 Å². The van der Waals surface area contributed by atoms with E-state index in [0.29, 0.717) is 5.41 Å². The van der Waals surface area contributed by atoms with Gasteiger partial charge in [-0.05, 0) is 54.3 Å². The molecule has 2 aliphatic carbocycles. The van der Waals surface area contributed by atoms with Crippen LogP contribution in [0.1, 0.15) is 38.5 Å². The van der Waals surface area contributed by atoms with Crippen molar-refractivity contribution in [2.75, 3.05) is 17.3 Å². The maximum atomic E-state index is 4.43. The summed E-state index contributed by atoms with van der Waals surface area (Å²) >= 11 is 6.63. The van der Waals surface area contributed by atoms with Crippen molar-refractivity contribution < 1.29 is 0 Å². The summed E-state index contributed by atoms with van der Waals surface area (Å²) in [4.78, 5) is 0. The first-order chi connectivity index (χ1) is 6.35. The van der Waals surface area contributed by atoms with E-state index in [-0.39, 0.29) is 0 Å². The van der Waals surface area contributed by atoms with Gasteiger partial charge in [0.25, 0.3) is 0 Å². The minimum atomic E-state index is 0.673. The molecule has 0 bridgehead atoms. The molecule has 2 saturated carbocycles. The molecule has 0 N–H and O–H groups in total. The summed E-state index contributed by atoms with van der Waals surface area (Å²) in [5.41, 5.74) is 0.673. The lowest BCUT2D eigenvalue weighted by molar-refractivity contribution is 0.618. The molecule has 2 heteroatoms. The molecule has 0 spiro atoms. The van der Waals surface area contributed by atoms with Crippen LogP contribution < -0.4 is 0 Å². The van der Waals surface area contributed by atoms with Gasteiger partial charge in [0.05, 0.1) is 0 Å².